The Labute approximate surface area is 131 Å². The number of fused-ring (bicyclic) bond motifs is 1. The first kappa shape index (κ1) is 14.9. The summed E-state index contributed by atoms with van der Waals surface area (Å²) in [5.74, 6) is 1.68. The molecule has 2 aromatic heterocycles. The molecule has 0 radical (unpaired) electrons. The van der Waals surface area contributed by atoms with Crippen molar-refractivity contribution in [1.29, 1.82) is 0 Å². The van der Waals surface area contributed by atoms with Gasteiger partial charge in [0.2, 0.25) is 5.91 Å². The number of thiazole rings is 1. The number of nitrogens with zero attached hydrogens (tertiary/aromatic N) is 2. The molecule has 5 nitrogen and oxygen atoms in total. The molecule has 1 saturated heterocycles. The molecule has 1 unspecified atom stereocenters. The molecular weight excluding hydrogens is 306 g/mol. The molecule has 1 amide bonds. The van der Waals surface area contributed by atoms with E-state index < -0.39 is 5.60 Å². The van der Waals surface area contributed by atoms with Crippen LogP contribution >= 0.6 is 23.1 Å². The fraction of sp³-hybridized carbons (Fsp3) is 0.571. The van der Waals surface area contributed by atoms with Crippen LogP contribution in [0.3, 0.4) is 0 Å². The third kappa shape index (κ3) is 3.41. The predicted octanol–water partition coefficient (Wildman–Crippen LogP) is 1.62. The van der Waals surface area contributed by atoms with Gasteiger partial charge in [0, 0.05) is 36.0 Å². The highest BCUT2D eigenvalue weighted by molar-refractivity contribution is 7.99. The van der Waals surface area contributed by atoms with Crippen molar-refractivity contribution in [2.24, 2.45) is 0 Å². The highest BCUT2D eigenvalue weighted by Gasteiger charge is 2.31. The maximum Gasteiger partial charge on any atom is 0.220 e. The molecule has 0 aliphatic carbocycles. The van der Waals surface area contributed by atoms with Gasteiger partial charge in [0.15, 0.2) is 4.96 Å². The molecule has 3 rings (SSSR count). The van der Waals surface area contributed by atoms with Crippen molar-refractivity contribution < 1.29 is 9.90 Å². The van der Waals surface area contributed by atoms with Gasteiger partial charge < -0.3 is 10.4 Å². The molecule has 1 aliphatic heterocycles. The second-order valence-corrected chi connectivity index (χ2v) is 7.51. The van der Waals surface area contributed by atoms with Crippen LogP contribution in [0, 0.1) is 6.92 Å². The van der Waals surface area contributed by atoms with Crippen LogP contribution in [0.25, 0.3) is 4.96 Å². The number of carbonyl (C=O) groups is 1. The van der Waals surface area contributed by atoms with E-state index in [1.165, 1.54) is 0 Å². The highest BCUT2D eigenvalue weighted by atomic mass is 32.2. The lowest BCUT2D eigenvalue weighted by Crippen LogP contribution is -2.43. The zero-order valence-corrected chi connectivity index (χ0v) is 13.6. The summed E-state index contributed by atoms with van der Waals surface area (Å²) < 4.78 is 2.05. The van der Waals surface area contributed by atoms with Crippen LogP contribution in [0.2, 0.25) is 0 Å². The third-order valence-electron chi connectivity index (χ3n) is 3.71. The topological polar surface area (TPSA) is 66.6 Å². The van der Waals surface area contributed by atoms with E-state index in [0.717, 1.165) is 28.5 Å². The molecule has 0 bridgehead atoms. The molecule has 0 aromatic carbocycles. The smallest absolute Gasteiger partial charge is 0.220 e. The predicted molar refractivity (Wildman–Crippen MR) is 86.0 cm³/mol. The largest absolute Gasteiger partial charge is 0.387 e. The maximum atomic E-state index is 11.9. The van der Waals surface area contributed by atoms with Gasteiger partial charge in [-0.15, -0.1) is 11.3 Å². The van der Waals surface area contributed by atoms with Crippen LogP contribution in [0.4, 0.5) is 0 Å². The molecule has 1 atom stereocenters. The first-order valence-electron chi connectivity index (χ1n) is 7.05. The third-order valence-corrected chi connectivity index (χ3v) is 5.83. The number of aliphatic hydroxyl groups is 1. The number of rotatable bonds is 5. The van der Waals surface area contributed by atoms with Gasteiger partial charge in [-0.1, -0.05) is 0 Å². The molecule has 2 N–H and O–H groups in total. The first-order valence-corrected chi connectivity index (χ1v) is 9.08. The van der Waals surface area contributed by atoms with Gasteiger partial charge in [-0.05, 0) is 25.5 Å². The number of aryl methyl sites for hydroxylation is 2. The van der Waals surface area contributed by atoms with Gasteiger partial charge in [0.05, 0.1) is 11.3 Å². The summed E-state index contributed by atoms with van der Waals surface area (Å²) in [5.41, 5.74) is 1.40. The maximum absolute atomic E-state index is 11.9. The van der Waals surface area contributed by atoms with Crippen molar-refractivity contribution in [3.05, 3.63) is 23.0 Å². The van der Waals surface area contributed by atoms with Crippen molar-refractivity contribution in [3.8, 4) is 0 Å². The SMILES string of the molecule is Cc1cn2c(CCC(=O)NCC3(O)CCSC3)csc2n1. The van der Waals surface area contributed by atoms with E-state index in [0.29, 0.717) is 25.1 Å². The van der Waals surface area contributed by atoms with Gasteiger partial charge in [0.25, 0.3) is 0 Å². The molecular formula is C14H19N3O2S2. The number of hydrogen-bond acceptors (Lipinski definition) is 5. The van der Waals surface area contributed by atoms with Crippen molar-refractivity contribution in [3.63, 3.8) is 0 Å². The Morgan fingerprint density at radius 1 is 1.62 bits per heavy atom. The van der Waals surface area contributed by atoms with Gasteiger partial charge in [0.1, 0.15) is 0 Å². The lowest BCUT2D eigenvalue weighted by molar-refractivity contribution is -0.122. The second kappa shape index (κ2) is 5.98. The Balaban J connectivity index is 1.51. The molecule has 114 valence electrons. The number of thioether (sulfide) groups is 1. The van der Waals surface area contributed by atoms with Gasteiger partial charge in [-0.3, -0.25) is 9.20 Å². The van der Waals surface area contributed by atoms with E-state index in [9.17, 15) is 9.90 Å². The highest BCUT2D eigenvalue weighted by Crippen LogP contribution is 2.27. The van der Waals surface area contributed by atoms with E-state index in [4.69, 9.17) is 0 Å². The van der Waals surface area contributed by atoms with E-state index in [1.807, 2.05) is 13.1 Å². The average molecular weight is 325 g/mol. The fourth-order valence-electron chi connectivity index (χ4n) is 2.45. The fourth-order valence-corrected chi connectivity index (χ4v) is 4.70. The summed E-state index contributed by atoms with van der Waals surface area (Å²) >= 11 is 3.33. The van der Waals surface area contributed by atoms with E-state index in [1.54, 1.807) is 23.1 Å². The molecule has 2 aromatic rings. The summed E-state index contributed by atoms with van der Waals surface area (Å²) in [6, 6.07) is 0. The number of hydrogen-bond donors (Lipinski definition) is 2. The van der Waals surface area contributed by atoms with E-state index in [-0.39, 0.29) is 5.91 Å². The summed E-state index contributed by atoms with van der Waals surface area (Å²) in [6.45, 7) is 2.33. The number of imidazole rings is 1. The Bertz CT molecular complexity index is 644. The zero-order valence-electron chi connectivity index (χ0n) is 12.0. The monoisotopic (exact) mass is 325 g/mol. The molecule has 21 heavy (non-hydrogen) atoms. The van der Waals surface area contributed by atoms with Crippen molar-refractivity contribution in [2.45, 2.75) is 31.8 Å². The van der Waals surface area contributed by atoms with Crippen LogP contribution in [0.15, 0.2) is 11.6 Å². The minimum atomic E-state index is -0.711. The van der Waals surface area contributed by atoms with Crippen molar-refractivity contribution in [1.82, 2.24) is 14.7 Å². The van der Waals surface area contributed by atoms with Crippen molar-refractivity contribution in [2.75, 3.05) is 18.1 Å². The van der Waals surface area contributed by atoms with Gasteiger partial charge >= 0.3 is 0 Å². The summed E-state index contributed by atoms with van der Waals surface area (Å²) in [6.07, 6.45) is 3.88. The van der Waals surface area contributed by atoms with Crippen LogP contribution in [0.5, 0.6) is 0 Å². The van der Waals surface area contributed by atoms with Crippen LogP contribution in [-0.4, -0.2) is 44.0 Å². The Kier molecular flexibility index (Phi) is 4.24. The molecule has 1 fully saturated rings. The van der Waals surface area contributed by atoms with E-state index in [2.05, 4.69) is 20.1 Å². The molecule has 3 heterocycles. The number of aromatic nitrogens is 2. The quantitative estimate of drug-likeness (QED) is 0.877. The van der Waals surface area contributed by atoms with Crippen LogP contribution < -0.4 is 5.32 Å². The number of carbonyl (C=O) groups excluding carboxylic acids is 1. The summed E-state index contributed by atoms with van der Waals surface area (Å²) in [4.78, 5) is 17.3. The Hall–Kier alpha value is -1.05. The Morgan fingerprint density at radius 3 is 3.24 bits per heavy atom. The summed E-state index contributed by atoms with van der Waals surface area (Å²) in [5, 5.41) is 15.1. The minimum Gasteiger partial charge on any atom is -0.387 e. The zero-order chi connectivity index (χ0) is 14.9. The van der Waals surface area contributed by atoms with Gasteiger partial charge in [-0.25, -0.2) is 4.98 Å². The van der Waals surface area contributed by atoms with E-state index >= 15 is 0 Å². The lowest BCUT2D eigenvalue weighted by atomic mass is 10.0. The second-order valence-electron chi connectivity index (χ2n) is 5.57. The van der Waals surface area contributed by atoms with Crippen LogP contribution in [0.1, 0.15) is 24.2 Å². The molecule has 1 aliphatic rings. The summed E-state index contributed by atoms with van der Waals surface area (Å²) in [7, 11) is 0. The van der Waals surface area contributed by atoms with Crippen LogP contribution in [-0.2, 0) is 11.2 Å². The Morgan fingerprint density at radius 2 is 2.48 bits per heavy atom. The normalized spacial score (nSPS) is 22.0. The molecule has 0 saturated carbocycles. The molecule has 7 heteroatoms. The number of amides is 1. The molecule has 0 spiro atoms. The standard InChI is InChI=1S/C14H19N3O2S2/c1-10-6-17-11(7-21-13(17)16-10)2-3-12(18)15-8-14(19)4-5-20-9-14/h6-7,19H,2-5,8-9H2,1H3,(H,15,18). The van der Waals surface area contributed by atoms with Crippen molar-refractivity contribution >= 4 is 34.0 Å². The lowest BCUT2D eigenvalue weighted by Gasteiger charge is -2.21. The minimum absolute atomic E-state index is 0.00323. The average Bonchev–Trinajstić information content (AvgIpc) is 3.11. The number of nitrogens with one attached hydrogen (secondary N) is 1. The van der Waals surface area contributed by atoms with Gasteiger partial charge in [-0.2, -0.15) is 11.8 Å². The first-order chi connectivity index (χ1) is 10.1.